The largest absolute Gasteiger partial charge is 0.396 e. The van der Waals surface area contributed by atoms with Gasteiger partial charge < -0.3 is 24.1 Å². The van der Waals surface area contributed by atoms with E-state index in [1.165, 1.54) is 38.5 Å². The molecular formula is C33H50O8S. The average molecular weight is 607 g/mol. The maximum Gasteiger partial charge on any atom is 0.296 e. The van der Waals surface area contributed by atoms with Crippen molar-refractivity contribution in [3.05, 3.63) is 29.8 Å². The third-order valence-electron chi connectivity index (χ3n) is 11.1. The molecule has 0 amide bonds. The lowest BCUT2D eigenvalue weighted by molar-refractivity contribution is -0.202. The van der Waals surface area contributed by atoms with E-state index in [0.29, 0.717) is 31.2 Å². The van der Waals surface area contributed by atoms with Crippen LogP contribution < -0.4 is 0 Å². The maximum atomic E-state index is 12.4. The molecule has 1 aromatic carbocycles. The molecule has 42 heavy (non-hydrogen) atoms. The number of benzene rings is 1. The van der Waals surface area contributed by atoms with E-state index >= 15 is 0 Å². The number of rotatable bonds is 5. The molecule has 4 aliphatic carbocycles. The van der Waals surface area contributed by atoms with Crippen LogP contribution in [0.25, 0.3) is 0 Å². The molecule has 236 valence electrons. The van der Waals surface area contributed by atoms with Crippen LogP contribution in [0.3, 0.4) is 0 Å². The van der Waals surface area contributed by atoms with E-state index in [0.717, 1.165) is 70.1 Å². The van der Waals surface area contributed by atoms with Crippen molar-refractivity contribution in [2.24, 2.45) is 22.7 Å². The fourth-order valence-corrected chi connectivity index (χ4v) is 10.1. The predicted octanol–water partition coefficient (Wildman–Crippen LogP) is 5.89. The van der Waals surface area contributed by atoms with Crippen LogP contribution in [-0.4, -0.2) is 64.7 Å². The van der Waals surface area contributed by atoms with Crippen LogP contribution in [0.4, 0.5) is 0 Å². The van der Waals surface area contributed by atoms with Crippen molar-refractivity contribution in [2.75, 3.05) is 39.6 Å². The standard InChI is InChI=1S/C20H28O5S.C13H22O3/c1-16-3-5-18(6-4-16)26(21,22)25-14-17-7-10-19(13-17)8-2-9-20(15-19)23-11-12-24-20;14-9-11-2-5-12(8-11)3-1-4-13(10-12)15-6-7-16-13/h3-6,17H,2,7-15H2,1H3;11,14H,1-10H2/t17-,19-;11-,12-/m11/s1. The predicted molar refractivity (Wildman–Crippen MR) is 157 cm³/mol. The van der Waals surface area contributed by atoms with E-state index < -0.39 is 10.1 Å². The van der Waals surface area contributed by atoms with E-state index in [9.17, 15) is 13.5 Å². The second-order valence-corrected chi connectivity index (χ2v) is 15.8. The van der Waals surface area contributed by atoms with Crippen molar-refractivity contribution in [2.45, 2.75) is 113 Å². The summed E-state index contributed by atoms with van der Waals surface area (Å²) in [6.45, 7) is 5.47. The lowest BCUT2D eigenvalue weighted by atomic mass is 9.70. The average Bonchev–Trinajstić information content (AvgIpc) is 3.78. The SMILES string of the molecule is Cc1ccc(S(=O)(=O)OC[C@@H]2CC[C@]3(CCCC4(C3)OCCO4)C2)cc1.OC[C@@H]1CC[C@]2(CCCC3(C2)OCCO3)C1. The van der Waals surface area contributed by atoms with Crippen LogP contribution in [0.15, 0.2) is 29.2 Å². The molecule has 0 bridgehead atoms. The summed E-state index contributed by atoms with van der Waals surface area (Å²) >= 11 is 0. The van der Waals surface area contributed by atoms with E-state index in [1.54, 1.807) is 24.3 Å². The van der Waals surface area contributed by atoms with Gasteiger partial charge in [-0.2, -0.15) is 8.42 Å². The minimum atomic E-state index is -3.68. The molecule has 2 heterocycles. The van der Waals surface area contributed by atoms with Gasteiger partial charge in [-0.25, -0.2) is 0 Å². The highest BCUT2D eigenvalue weighted by atomic mass is 32.2. The third-order valence-corrected chi connectivity index (χ3v) is 12.4. The monoisotopic (exact) mass is 606 g/mol. The van der Waals surface area contributed by atoms with Gasteiger partial charge >= 0.3 is 0 Å². The molecule has 1 aromatic rings. The van der Waals surface area contributed by atoms with Gasteiger partial charge in [0.05, 0.1) is 37.9 Å². The van der Waals surface area contributed by atoms with E-state index in [4.69, 9.17) is 23.1 Å². The molecule has 4 saturated carbocycles. The van der Waals surface area contributed by atoms with Crippen LogP contribution in [0, 0.1) is 29.6 Å². The van der Waals surface area contributed by atoms with Gasteiger partial charge in [0.1, 0.15) is 0 Å². The minimum Gasteiger partial charge on any atom is -0.396 e. The van der Waals surface area contributed by atoms with Gasteiger partial charge in [0.25, 0.3) is 10.1 Å². The van der Waals surface area contributed by atoms with Gasteiger partial charge in [0.15, 0.2) is 11.6 Å². The Morgan fingerprint density at radius 2 is 1.26 bits per heavy atom. The first-order chi connectivity index (χ1) is 20.2. The summed E-state index contributed by atoms with van der Waals surface area (Å²) in [5.41, 5.74) is 1.67. The van der Waals surface area contributed by atoms with Crippen LogP contribution in [0.1, 0.15) is 95.5 Å². The molecule has 2 aliphatic heterocycles. The van der Waals surface area contributed by atoms with Gasteiger partial charge in [-0.1, -0.05) is 17.7 Å². The van der Waals surface area contributed by atoms with Crippen LogP contribution >= 0.6 is 0 Å². The number of hydrogen-bond acceptors (Lipinski definition) is 8. The number of hydrogen-bond donors (Lipinski definition) is 1. The topological polar surface area (TPSA) is 101 Å². The zero-order valence-electron chi connectivity index (χ0n) is 25.3. The molecule has 8 nitrogen and oxygen atoms in total. The Morgan fingerprint density at radius 1 is 0.762 bits per heavy atom. The summed E-state index contributed by atoms with van der Waals surface area (Å²) in [6.07, 6.45) is 15.6. The first-order valence-corrected chi connectivity index (χ1v) is 17.7. The van der Waals surface area contributed by atoms with Crippen molar-refractivity contribution in [3.8, 4) is 0 Å². The van der Waals surface area contributed by atoms with Crippen LogP contribution in [0.5, 0.6) is 0 Å². The molecule has 4 atom stereocenters. The van der Waals surface area contributed by atoms with Gasteiger partial charge in [-0.3, -0.25) is 4.18 Å². The Labute approximate surface area is 251 Å². The van der Waals surface area contributed by atoms with Gasteiger partial charge in [0, 0.05) is 32.3 Å². The summed E-state index contributed by atoms with van der Waals surface area (Å²) in [4.78, 5) is 0.236. The molecule has 0 unspecified atom stereocenters. The molecule has 4 spiro atoms. The van der Waals surface area contributed by atoms with Crippen molar-refractivity contribution < 1.29 is 36.7 Å². The Morgan fingerprint density at radius 3 is 1.76 bits per heavy atom. The fourth-order valence-electron chi connectivity index (χ4n) is 9.13. The zero-order valence-corrected chi connectivity index (χ0v) is 26.1. The highest BCUT2D eigenvalue weighted by Gasteiger charge is 2.52. The smallest absolute Gasteiger partial charge is 0.296 e. The number of ether oxygens (including phenoxy) is 4. The molecule has 1 N–H and O–H groups in total. The highest BCUT2D eigenvalue weighted by Crippen LogP contribution is 2.56. The van der Waals surface area contributed by atoms with E-state index in [1.807, 2.05) is 6.92 Å². The second kappa shape index (κ2) is 12.4. The van der Waals surface area contributed by atoms with Gasteiger partial charge in [0.2, 0.25) is 0 Å². The zero-order chi connectivity index (χ0) is 29.3. The quantitative estimate of drug-likeness (QED) is 0.415. The molecule has 2 saturated heterocycles. The van der Waals surface area contributed by atoms with Crippen LogP contribution in [-0.2, 0) is 33.2 Å². The summed E-state index contributed by atoms with van der Waals surface area (Å²) in [5, 5.41) is 9.27. The molecular weight excluding hydrogens is 556 g/mol. The first kappa shape index (κ1) is 30.9. The molecule has 6 aliphatic rings. The summed E-state index contributed by atoms with van der Waals surface area (Å²) in [6, 6.07) is 6.81. The lowest BCUT2D eigenvalue weighted by Gasteiger charge is -2.43. The minimum absolute atomic E-state index is 0.226. The Balaban J connectivity index is 0.000000168. The molecule has 9 heteroatoms. The summed E-state index contributed by atoms with van der Waals surface area (Å²) in [7, 11) is -3.68. The Kier molecular flexibility index (Phi) is 9.11. The van der Waals surface area contributed by atoms with E-state index in [-0.39, 0.29) is 34.4 Å². The molecule has 7 rings (SSSR count). The number of aryl methyl sites for hydroxylation is 1. The number of aliphatic hydroxyl groups excluding tert-OH is 1. The van der Waals surface area contributed by atoms with Gasteiger partial charge in [-0.05, 0) is 106 Å². The lowest BCUT2D eigenvalue weighted by Crippen LogP contribution is -2.41. The van der Waals surface area contributed by atoms with Crippen molar-refractivity contribution >= 4 is 10.1 Å². The Hall–Kier alpha value is -1.07. The first-order valence-electron chi connectivity index (χ1n) is 16.3. The second-order valence-electron chi connectivity index (χ2n) is 14.2. The van der Waals surface area contributed by atoms with Crippen molar-refractivity contribution in [3.63, 3.8) is 0 Å². The van der Waals surface area contributed by atoms with E-state index in [2.05, 4.69) is 0 Å². The van der Waals surface area contributed by atoms with Crippen molar-refractivity contribution in [1.82, 2.24) is 0 Å². The number of aliphatic hydroxyl groups is 1. The fraction of sp³-hybridized carbons (Fsp3) is 0.818. The summed E-state index contributed by atoms with van der Waals surface area (Å²) < 4.78 is 53.8. The molecule has 6 fully saturated rings. The van der Waals surface area contributed by atoms with Crippen LogP contribution in [0.2, 0.25) is 0 Å². The normalized spacial score (nSPS) is 35.3. The third kappa shape index (κ3) is 6.77. The molecule has 0 aromatic heterocycles. The van der Waals surface area contributed by atoms with Gasteiger partial charge in [-0.15, -0.1) is 0 Å². The maximum absolute atomic E-state index is 12.4. The summed E-state index contributed by atoms with van der Waals surface area (Å²) in [5.74, 6) is 0.188. The molecule has 0 radical (unpaired) electrons. The highest BCUT2D eigenvalue weighted by molar-refractivity contribution is 7.86. The van der Waals surface area contributed by atoms with Crippen molar-refractivity contribution in [1.29, 1.82) is 0 Å². The Bertz CT molecular complexity index is 1160.